The molecule has 21 heavy (non-hydrogen) atoms. The van der Waals surface area contributed by atoms with Gasteiger partial charge in [0, 0.05) is 13.6 Å². The van der Waals surface area contributed by atoms with Gasteiger partial charge in [-0.2, -0.15) is 13.2 Å². The van der Waals surface area contributed by atoms with Crippen molar-refractivity contribution >= 4 is 10.0 Å². The molecule has 0 unspecified atom stereocenters. The highest BCUT2D eigenvalue weighted by molar-refractivity contribution is 7.89. The van der Waals surface area contributed by atoms with Gasteiger partial charge in [0.25, 0.3) is 0 Å². The highest BCUT2D eigenvalue weighted by atomic mass is 32.2. The third-order valence-electron chi connectivity index (χ3n) is 2.64. The van der Waals surface area contributed by atoms with E-state index in [2.05, 4.69) is 0 Å². The van der Waals surface area contributed by atoms with Crippen LogP contribution in [0.3, 0.4) is 0 Å². The normalized spacial score (nSPS) is 13.0. The van der Waals surface area contributed by atoms with Gasteiger partial charge >= 0.3 is 6.18 Å². The first kappa shape index (κ1) is 17.8. The summed E-state index contributed by atoms with van der Waals surface area (Å²) >= 11 is 0. The molecule has 0 saturated carbocycles. The van der Waals surface area contributed by atoms with E-state index in [-0.39, 0.29) is 9.87 Å². The molecule has 0 aromatic heterocycles. The van der Waals surface area contributed by atoms with E-state index >= 15 is 0 Å². The molecule has 0 saturated heterocycles. The molecule has 1 aromatic carbocycles. The van der Waals surface area contributed by atoms with Crippen molar-refractivity contribution in [2.24, 2.45) is 0 Å². The predicted molar refractivity (Wildman–Crippen MR) is 62.8 cm³/mol. The maximum Gasteiger partial charge on any atom is 0.390 e. The van der Waals surface area contributed by atoms with E-state index in [1.165, 1.54) is 0 Å². The van der Waals surface area contributed by atoms with Crippen molar-refractivity contribution in [3.8, 4) is 0 Å². The van der Waals surface area contributed by atoms with Gasteiger partial charge in [-0.1, -0.05) is 0 Å². The van der Waals surface area contributed by atoms with Gasteiger partial charge < -0.3 is 5.11 Å². The largest absolute Gasteiger partial charge is 0.392 e. The highest BCUT2D eigenvalue weighted by Crippen LogP contribution is 2.25. The van der Waals surface area contributed by atoms with Crippen LogP contribution in [0.15, 0.2) is 17.0 Å². The number of alkyl halides is 3. The molecule has 0 aliphatic rings. The van der Waals surface area contributed by atoms with Crippen LogP contribution in [0, 0.1) is 11.6 Å². The summed E-state index contributed by atoms with van der Waals surface area (Å²) in [7, 11) is -3.82. The third kappa shape index (κ3) is 4.35. The lowest BCUT2D eigenvalue weighted by Gasteiger charge is -2.19. The fraction of sp³-hybridized carbons (Fsp3) is 0.455. The summed E-state index contributed by atoms with van der Waals surface area (Å²) in [4.78, 5) is -1.11. The summed E-state index contributed by atoms with van der Waals surface area (Å²) in [6, 6.07) is 1.28. The zero-order valence-corrected chi connectivity index (χ0v) is 11.6. The molecule has 0 aliphatic carbocycles. The van der Waals surface area contributed by atoms with Crippen LogP contribution in [0.25, 0.3) is 0 Å². The number of benzene rings is 1. The highest BCUT2D eigenvalue weighted by Gasteiger charge is 2.32. The first-order valence-electron chi connectivity index (χ1n) is 5.61. The Morgan fingerprint density at radius 3 is 2.29 bits per heavy atom. The Hall–Kier alpha value is -1.26. The van der Waals surface area contributed by atoms with Gasteiger partial charge in [-0.25, -0.2) is 21.5 Å². The van der Waals surface area contributed by atoms with Crippen molar-refractivity contribution in [2.45, 2.75) is 24.1 Å². The standard InChI is InChI=1S/C11H12F5NO3S/c1-17(3-2-11(14,15)16)21(19,20)9-5-7(6-18)4-8(12)10(9)13/h4-5,18H,2-3,6H2,1H3. The van der Waals surface area contributed by atoms with Crippen molar-refractivity contribution in [1.29, 1.82) is 0 Å². The topological polar surface area (TPSA) is 57.6 Å². The second-order valence-electron chi connectivity index (χ2n) is 4.24. The van der Waals surface area contributed by atoms with Gasteiger partial charge in [0.2, 0.25) is 10.0 Å². The average molecular weight is 333 g/mol. The second kappa shape index (κ2) is 6.24. The van der Waals surface area contributed by atoms with Crippen LogP contribution in [0.1, 0.15) is 12.0 Å². The number of aliphatic hydroxyl groups is 1. The van der Waals surface area contributed by atoms with E-state index < -0.39 is 52.3 Å². The van der Waals surface area contributed by atoms with Gasteiger partial charge in [0.1, 0.15) is 4.90 Å². The number of rotatable bonds is 5. The fourth-order valence-electron chi connectivity index (χ4n) is 1.47. The Bertz CT molecular complexity index is 615. The predicted octanol–water partition coefficient (Wildman–Crippen LogP) is 2.03. The van der Waals surface area contributed by atoms with Crippen LogP contribution >= 0.6 is 0 Å². The SMILES string of the molecule is CN(CCC(F)(F)F)S(=O)(=O)c1cc(CO)cc(F)c1F. The smallest absolute Gasteiger partial charge is 0.390 e. The molecule has 1 rings (SSSR count). The summed E-state index contributed by atoms with van der Waals surface area (Å²) in [5.74, 6) is -3.21. The Morgan fingerprint density at radius 2 is 1.81 bits per heavy atom. The molecular formula is C11H12F5NO3S. The van der Waals surface area contributed by atoms with Crippen LogP contribution < -0.4 is 0 Å². The molecule has 0 radical (unpaired) electrons. The first-order chi connectivity index (χ1) is 9.49. The number of hydrogen-bond donors (Lipinski definition) is 1. The van der Waals surface area contributed by atoms with E-state index in [4.69, 9.17) is 5.11 Å². The number of aliphatic hydroxyl groups excluding tert-OH is 1. The van der Waals surface area contributed by atoms with Gasteiger partial charge in [-0.05, 0) is 17.7 Å². The molecule has 0 bridgehead atoms. The zero-order chi connectivity index (χ0) is 16.4. The van der Waals surface area contributed by atoms with Gasteiger partial charge in [-0.15, -0.1) is 0 Å². The van der Waals surface area contributed by atoms with Gasteiger partial charge in [0.15, 0.2) is 11.6 Å². The number of hydrogen-bond acceptors (Lipinski definition) is 3. The minimum absolute atomic E-state index is 0.211. The number of sulfonamides is 1. The van der Waals surface area contributed by atoms with Gasteiger partial charge in [-0.3, -0.25) is 0 Å². The quantitative estimate of drug-likeness (QED) is 0.839. The van der Waals surface area contributed by atoms with E-state index in [0.29, 0.717) is 12.1 Å². The van der Waals surface area contributed by atoms with E-state index in [1.54, 1.807) is 0 Å². The van der Waals surface area contributed by atoms with Crippen LogP contribution in [-0.4, -0.2) is 37.6 Å². The summed E-state index contributed by atoms with van der Waals surface area (Å²) in [5.41, 5.74) is -0.211. The Kier molecular flexibility index (Phi) is 5.29. The summed E-state index contributed by atoms with van der Waals surface area (Å²) in [6.07, 6.45) is -6.01. The number of nitrogens with zero attached hydrogens (tertiary/aromatic N) is 1. The maximum absolute atomic E-state index is 13.6. The van der Waals surface area contributed by atoms with Crippen LogP contribution in [-0.2, 0) is 16.6 Å². The first-order valence-corrected chi connectivity index (χ1v) is 7.05. The molecule has 0 aliphatic heterocycles. The molecule has 1 aromatic rings. The third-order valence-corrected chi connectivity index (χ3v) is 4.49. The number of halogens is 5. The molecule has 1 N–H and O–H groups in total. The van der Waals surface area contributed by atoms with E-state index in [0.717, 1.165) is 7.05 Å². The molecular weight excluding hydrogens is 321 g/mol. The molecule has 0 fully saturated rings. The summed E-state index contributed by atoms with van der Waals surface area (Å²) < 4.78 is 87.2. The molecule has 120 valence electrons. The van der Waals surface area contributed by atoms with Crippen molar-refractivity contribution in [2.75, 3.05) is 13.6 Å². The molecule has 0 atom stereocenters. The van der Waals surface area contributed by atoms with Gasteiger partial charge in [0.05, 0.1) is 13.0 Å². The monoisotopic (exact) mass is 333 g/mol. The Morgan fingerprint density at radius 1 is 1.24 bits per heavy atom. The molecule has 4 nitrogen and oxygen atoms in total. The van der Waals surface area contributed by atoms with E-state index in [1.807, 2.05) is 0 Å². The summed E-state index contributed by atoms with van der Waals surface area (Å²) in [5, 5.41) is 8.85. The lowest BCUT2D eigenvalue weighted by atomic mass is 10.2. The lowest BCUT2D eigenvalue weighted by molar-refractivity contribution is -0.135. The maximum atomic E-state index is 13.6. The minimum atomic E-state index is -4.64. The van der Waals surface area contributed by atoms with Crippen molar-refractivity contribution in [1.82, 2.24) is 4.31 Å². The van der Waals surface area contributed by atoms with Crippen molar-refractivity contribution in [3.63, 3.8) is 0 Å². The van der Waals surface area contributed by atoms with Crippen LogP contribution in [0.5, 0.6) is 0 Å². The summed E-state index contributed by atoms with van der Waals surface area (Å²) in [6.45, 7) is -1.68. The van der Waals surface area contributed by atoms with Crippen LogP contribution in [0.4, 0.5) is 22.0 Å². The molecule has 10 heteroatoms. The average Bonchev–Trinajstić information content (AvgIpc) is 2.37. The van der Waals surface area contributed by atoms with Crippen molar-refractivity contribution in [3.05, 3.63) is 29.3 Å². The lowest BCUT2D eigenvalue weighted by Crippen LogP contribution is -2.31. The Labute approximate surface area is 117 Å². The minimum Gasteiger partial charge on any atom is -0.392 e. The molecule has 0 amide bonds. The van der Waals surface area contributed by atoms with Crippen molar-refractivity contribution < 1.29 is 35.5 Å². The molecule has 0 spiro atoms. The Balaban J connectivity index is 3.16. The molecule has 0 heterocycles. The second-order valence-corrected chi connectivity index (χ2v) is 6.25. The van der Waals surface area contributed by atoms with Crippen LogP contribution in [0.2, 0.25) is 0 Å². The fourth-order valence-corrected chi connectivity index (χ4v) is 2.76. The van der Waals surface area contributed by atoms with E-state index in [9.17, 15) is 30.4 Å². The zero-order valence-electron chi connectivity index (χ0n) is 10.8.